The van der Waals surface area contributed by atoms with Gasteiger partial charge in [-0.3, -0.25) is 0 Å². The first-order valence-corrected chi connectivity index (χ1v) is 7.70. The molecule has 0 atom stereocenters. The number of fused-ring (bicyclic) bond motifs is 3. The molecule has 0 unspecified atom stereocenters. The van der Waals surface area contributed by atoms with Crippen LogP contribution in [0, 0.1) is 0 Å². The summed E-state index contributed by atoms with van der Waals surface area (Å²) < 4.78 is 68.0. The smallest absolute Gasteiger partial charge is 0.508 e. The fraction of sp³-hybridized carbons (Fsp3) is 0.0714. The summed E-state index contributed by atoms with van der Waals surface area (Å²) in [6, 6.07) is 7.04. The number of phenolic OH excluding ortho intramolecular Hbond substituents is 1. The average Bonchev–Trinajstić information content (AvgIpc) is 2.46. The fourth-order valence-corrected chi connectivity index (χ4v) is 2.58. The monoisotopic (exact) mass is 360 g/mol. The Hall–Kier alpha value is -2.75. The fourth-order valence-electron chi connectivity index (χ4n) is 2.13. The van der Waals surface area contributed by atoms with Crippen LogP contribution >= 0.6 is 0 Å². The Kier molecular flexibility index (Phi) is 3.44. The van der Waals surface area contributed by atoms with Crippen LogP contribution in [0.5, 0.6) is 11.5 Å². The minimum Gasteiger partial charge on any atom is -0.508 e. The summed E-state index contributed by atoms with van der Waals surface area (Å²) in [6.07, 6.45) is 0. The Morgan fingerprint density at radius 1 is 1.00 bits per heavy atom. The van der Waals surface area contributed by atoms with E-state index in [0.717, 1.165) is 12.1 Å². The molecule has 0 spiro atoms. The zero-order valence-corrected chi connectivity index (χ0v) is 12.3. The number of hydrogen-bond acceptors (Lipinski definition) is 6. The van der Waals surface area contributed by atoms with Crippen molar-refractivity contribution >= 4 is 31.9 Å². The average molecular weight is 360 g/mol. The molecule has 10 heteroatoms. The molecule has 1 N–H and O–H groups in total. The van der Waals surface area contributed by atoms with Crippen LogP contribution in [0.3, 0.4) is 0 Å². The number of phenols is 1. The normalized spacial score (nSPS) is 12.6. The van der Waals surface area contributed by atoms with Crippen molar-refractivity contribution in [3.63, 3.8) is 0 Å². The van der Waals surface area contributed by atoms with Crippen molar-refractivity contribution in [3.05, 3.63) is 46.8 Å². The lowest BCUT2D eigenvalue weighted by atomic mass is 10.1. The van der Waals surface area contributed by atoms with E-state index in [1.165, 1.54) is 24.3 Å². The quantitative estimate of drug-likeness (QED) is 0.327. The molecule has 1 heterocycles. The van der Waals surface area contributed by atoms with Gasteiger partial charge in [-0.25, -0.2) is 4.79 Å². The predicted octanol–water partition coefficient (Wildman–Crippen LogP) is 2.88. The van der Waals surface area contributed by atoms with Crippen molar-refractivity contribution in [3.8, 4) is 11.5 Å². The highest BCUT2D eigenvalue weighted by Crippen LogP contribution is 2.31. The molecular formula is C14H7F3O6S. The third-order valence-electron chi connectivity index (χ3n) is 3.16. The van der Waals surface area contributed by atoms with Gasteiger partial charge in [-0.15, -0.1) is 0 Å². The third kappa shape index (κ3) is 2.64. The van der Waals surface area contributed by atoms with E-state index in [-0.39, 0.29) is 16.7 Å². The van der Waals surface area contributed by atoms with Crippen LogP contribution in [0.4, 0.5) is 13.2 Å². The second-order valence-corrected chi connectivity index (χ2v) is 6.30. The molecule has 2 aromatic carbocycles. The molecule has 0 radical (unpaired) electrons. The molecule has 0 aliphatic carbocycles. The first-order chi connectivity index (χ1) is 11.1. The molecule has 0 aliphatic rings. The molecule has 0 saturated heterocycles. The molecule has 0 bridgehead atoms. The molecule has 3 rings (SSSR count). The standard InChI is InChI=1S/C14H7F3O6S/c15-14(16,17)24(20,21)23-8-2-4-10-9-3-1-7(18)5-11(9)13(19)22-12(10)6-8/h1-6,18H. The van der Waals surface area contributed by atoms with E-state index in [9.17, 15) is 31.5 Å². The summed E-state index contributed by atoms with van der Waals surface area (Å²) >= 11 is 0. The summed E-state index contributed by atoms with van der Waals surface area (Å²) in [5, 5.41) is 10.2. The number of benzene rings is 2. The van der Waals surface area contributed by atoms with Crippen LogP contribution in [0.25, 0.3) is 21.7 Å². The highest BCUT2D eigenvalue weighted by atomic mass is 32.2. The lowest BCUT2D eigenvalue weighted by Gasteiger charge is -2.10. The molecule has 0 aliphatic heterocycles. The van der Waals surface area contributed by atoms with Gasteiger partial charge < -0.3 is 13.7 Å². The van der Waals surface area contributed by atoms with E-state index in [1.807, 2.05) is 0 Å². The van der Waals surface area contributed by atoms with E-state index in [2.05, 4.69) is 4.18 Å². The molecule has 0 saturated carbocycles. The van der Waals surface area contributed by atoms with Crippen LogP contribution in [-0.4, -0.2) is 19.0 Å². The first-order valence-electron chi connectivity index (χ1n) is 6.29. The molecule has 6 nitrogen and oxygen atoms in total. The number of hydrogen-bond donors (Lipinski definition) is 1. The summed E-state index contributed by atoms with van der Waals surface area (Å²) in [6.45, 7) is 0. The van der Waals surface area contributed by atoms with Crippen molar-refractivity contribution < 1.29 is 35.3 Å². The van der Waals surface area contributed by atoms with Crippen molar-refractivity contribution in [1.29, 1.82) is 0 Å². The Balaban J connectivity index is 2.18. The van der Waals surface area contributed by atoms with E-state index >= 15 is 0 Å². The van der Waals surface area contributed by atoms with Gasteiger partial charge in [0.25, 0.3) is 0 Å². The van der Waals surface area contributed by atoms with Crippen LogP contribution < -0.4 is 9.81 Å². The van der Waals surface area contributed by atoms with Gasteiger partial charge in [0.1, 0.15) is 17.1 Å². The van der Waals surface area contributed by atoms with Gasteiger partial charge in [-0.1, -0.05) is 0 Å². The molecule has 0 fully saturated rings. The van der Waals surface area contributed by atoms with Crippen molar-refractivity contribution in [2.75, 3.05) is 0 Å². The highest BCUT2D eigenvalue weighted by Gasteiger charge is 2.48. The van der Waals surface area contributed by atoms with E-state index in [0.29, 0.717) is 10.8 Å². The summed E-state index contributed by atoms with van der Waals surface area (Å²) in [4.78, 5) is 11.9. The summed E-state index contributed by atoms with van der Waals surface area (Å²) in [5.74, 6) is -0.813. The van der Waals surface area contributed by atoms with Crippen LogP contribution in [-0.2, 0) is 10.1 Å². The van der Waals surface area contributed by atoms with Gasteiger partial charge in [0, 0.05) is 16.8 Å². The summed E-state index contributed by atoms with van der Waals surface area (Å²) in [5.41, 5.74) is -6.58. The van der Waals surface area contributed by atoms with Crippen LogP contribution in [0.2, 0.25) is 0 Å². The van der Waals surface area contributed by atoms with Gasteiger partial charge >= 0.3 is 21.3 Å². The van der Waals surface area contributed by atoms with E-state index < -0.39 is 27.0 Å². The topological polar surface area (TPSA) is 93.8 Å². The van der Waals surface area contributed by atoms with Gasteiger partial charge in [0.15, 0.2) is 0 Å². The van der Waals surface area contributed by atoms with Crippen LogP contribution in [0.15, 0.2) is 45.6 Å². The van der Waals surface area contributed by atoms with Crippen LogP contribution in [0.1, 0.15) is 0 Å². The maximum absolute atomic E-state index is 12.3. The Morgan fingerprint density at radius 3 is 2.33 bits per heavy atom. The largest absolute Gasteiger partial charge is 0.534 e. The van der Waals surface area contributed by atoms with E-state index in [1.54, 1.807) is 0 Å². The molecule has 1 aromatic heterocycles. The van der Waals surface area contributed by atoms with Crippen molar-refractivity contribution in [2.24, 2.45) is 0 Å². The number of halogens is 3. The van der Waals surface area contributed by atoms with Gasteiger partial charge in [-0.05, 0) is 30.3 Å². The molecule has 24 heavy (non-hydrogen) atoms. The minimum atomic E-state index is -5.83. The summed E-state index contributed by atoms with van der Waals surface area (Å²) in [7, 11) is -5.83. The SMILES string of the molecule is O=c1oc2cc(OS(=O)(=O)C(F)(F)F)ccc2c2ccc(O)cc12. The zero-order chi connectivity index (χ0) is 17.7. The molecule has 3 aromatic rings. The maximum Gasteiger partial charge on any atom is 0.534 e. The van der Waals surface area contributed by atoms with Gasteiger partial charge in [0.05, 0.1) is 5.39 Å². The van der Waals surface area contributed by atoms with E-state index in [4.69, 9.17) is 4.42 Å². The second-order valence-electron chi connectivity index (χ2n) is 4.76. The first kappa shape index (κ1) is 16.1. The van der Waals surface area contributed by atoms with Crippen molar-refractivity contribution in [2.45, 2.75) is 5.51 Å². The maximum atomic E-state index is 12.3. The minimum absolute atomic E-state index is 0.0686. The predicted molar refractivity (Wildman–Crippen MR) is 77.3 cm³/mol. The van der Waals surface area contributed by atoms with Gasteiger partial charge in [0.2, 0.25) is 0 Å². The molecule has 126 valence electrons. The Morgan fingerprint density at radius 2 is 1.67 bits per heavy atom. The highest BCUT2D eigenvalue weighted by molar-refractivity contribution is 7.88. The second kappa shape index (κ2) is 5.13. The lowest BCUT2D eigenvalue weighted by Crippen LogP contribution is -2.28. The number of rotatable bonds is 2. The zero-order valence-electron chi connectivity index (χ0n) is 11.5. The lowest BCUT2D eigenvalue weighted by molar-refractivity contribution is -0.0500. The van der Waals surface area contributed by atoms with Crippen molar-refractivity contribution in [1.82, 2.24) is 0 Å². The Labute approximate surface area is 131 Å². The third-order valence-corrected chi connectivity index (χ3v) is 4.14. The number of aromatic hydroxyl groups is 1. The number of alkyl halides is 3. The molecule has 0 amide bonds. The Bertz CT molecular complexity index is 1110. The van der Waals surface area contributed by atoms with Gasteiger partial charge in [-0.2, -0.15) is 21.6 Å². The molecular weight excluding hydrogens is 353 g/mol.